The zero-order valence-electron chi connectivity index (χ0n) is 20.8. The van der Waals surface area contributed by atoms with Gasteiger partial charge in [-0.15, -0.1) is 0 Å². The summed E-state index contributed by atoms with van der Waals surface area (Å²) >= 11 is 6.25. The highest BCUT2D eigenvalue weighted by molar-refractivity contribution is 6.33. The minimum absolute atomic E-state index is 0.120. The molecule has 2 atom stereocenters. The highest BCUT2D eigenvalue weighted by atomic mass is 35.5. The molecule has 37 heavy (non-hydrogen) atoms. The zero-order valence-corrected chi connectivity index (χ0v) is 21.6. The van der Waals surface area contributed by atoms with Crippen LogP contribution in [0.3, 0.4) is 0 Å². The topological polar surface area (TPSA) is 72.3 Å². The van der Waals surface area contributed by atoms with Gasteiger partial charge in [-0.05, 0) is 50.6 Å². The molecule has 198 valence electrons. The van der Waals surface area contributed by atoms with Crippen molar-refractivity contribution < 1.29 is 17.9 Å². The van der Waals surface area contributed by atoms with Crippen LogP contribution in [0.25, 0.3) is 11.4 Å². The van der Waals surface area contributed by atoms with E-state index in [0.29, 0.717) is 37.5 Å². The molecule has 1 saturated heterocycles. The Kier molecular flexibility index (Phi) is 8.08. The summed E-state index contributed by atoms with van der Waals surface area (Å²) in [4.78, 5) is 24.9. The van der Waals surface area contributed by atoms with Crippen LogP contribution >= 0.6 is 11.6 Å². The Hall–Kier alpha value is -3.11. The van der Waals surface area contributed by atoms with E-state index in [-0.39, 0.29) is 40.7 Å². The Bertz CT molecular complexity index is 1300. The lowest BCUT2D eigenvalue weighted by molar-refractivity contribution is -0.137. The summed E-state index contributed by atoms with van der Waals surface area (Å²) in [5.74, 6) is 1.06. The maximum absolute atomic E-state index is 13.7. The monoisotopic (exact) mass is 535 g/mol. The molecule has 1 fully saturated rings. The number of alkyl halides is 3. The molecular weight excluding hydrogens is 507 g/mol. The fraction of sp³-hybridized carbons (Fsp3) is 0.423. The number of hydrogen-bond acceptors (Lipinski definition) is 6. The first-order valence-corrected chi connectivity index (χ1v) is 12.6. The average molecular weight is 536 g/mol. The predicted molar refractivity (Wildman–Crippen MR) is 138 cm³/mol. The number of nitrogens with zero attached hydrogens (tertiary/aromatic N) is 4. The van der Waals surface area contributed by atoms with Crippen LogP contribution in [0.5, 0.6) is 0 Å². The third kappa shape index (κ3) is 5.60. The van der Waals surface area contributed by atoms with Crippen LogP contribution in [-0.2, 0) is 23.9 Å². The Morgan fingerprint density at radius 2 is 1.95 bits per heavy atom. The molecule has 2 aromatic heterocycles. The molecule has 1 N–H and O–H groups in total. The van der Waals surface area contributed by atoms with E-state index in [1.165, 1.54) is 10.6 Å². The van der Waals surface area contributed by atoms with Crippen LogP contribution in [-0.4, -0.2) is 46.4 Å². The van der Waals surface area contributed by atoms with E-state index in [1.54, 1.807) is 13.1 Å². The van der Waals surface area contributed by atoms with Crippen molar-refractivity contribution >= 4 is 23.1 Å². The third-order valence-corrected chi connectivity index (χ3v) is 6.70. The summed E-state index contributed by atoms with van der Waals surface area (Å²) in [6, 6.07) is 8.57. The maximum atomic E-state index is 13.7. The molecule has 0 amide bonds. The van der Waals surface area contributed by atoms with Gasteiger partial charge in [0, 0.05) is 38.0 Å². The van der Waals surface area contributed by atoms with E-state index < -0.39 is 11.7 Å². The number of aryl methyl sites for hydroxylation is 1. The van der Waals surface area contributed by atoms with Gasteiger partial charge in [-0.3, -0.25) is 9.36 Å². The first kappa shape index (κ1) is 26.9. The van der Waals surface area contributed by atoms with Gasteiger partial charge >= 0.3 is 6.18 Å². The second kappa shape index (κ2) is 11.1. The highest BCUT2D eigenvalue weighted by Gasteiger charge is 2.36. The van der Waals surface area contributed by atoms with E-state index in [0.717, 1.165) is 18.0 Å². The highest BCUT2D eigenvalue weighted by Crippen LogP contribution is 2.35. The summed E-state index contributed by atoms with van der Waals surface area (Å²) in [6.45, 7) is 7.53. The van der Waals surface area contributed by atoms with Crippen molar-refractivity contribution in [3.05, 3.63) is 69.2 Å². The van der Waals surface area contributed by atoms with Crippen LogP contribution in [0.2, 0.25) is 5.02 Å². The molecule has 1 aliphatic rings. The molecular formula is C26H29ClF3N5O2. The van der Waals surface area contributed by atoms with Crippen LogP contribution in [0, 0.1) is 0 Å². The minimum Gasteiger partial charge on any atom is -0.374 e. The average Bonchev–Trinajstić information content (AvgIpc) is 3.27. The molecule has 0 bridgehead atoms. The quantitative estimate of drug-likeness (QED) is 0.424. The fourth-order valence-corrected chi connectivity index (χ4v) is 4.85. The number of rotatable bonds is 8. The zero-order chi connectivity index (χ0) is 26.7. The van der Waals surface area contributed by atoms with Gasteiger partial charge < -0.3 is 15.0 Å². The number of halogens is 4. The number of hydrogen-bond donors (Lipinski definition) is 1. The Morgan fingerprint density at radius 3 is 2.54 bits per heavy atom. The maximum Gasteiger partial charge on any atom is 0.416 e. The summed E-state index contributed by atoms with van der Waals surface area (Å²) in [7, 11) is 0. The van der Waals surface area contributed by atoms with Crippen molar-refractivity contribution in [1.29, 1.82) is 0 Å². The van der Waals surface area contributed by atoms with Gasteiger partial charge in [0.2, 0.25) is 0 Å². The summed E-state index contributed by atoms with van der Waals surface area (Å²) in [5, 5.41) is 3.27. The minimum atomic E-state index is -4.52. The Labute approximate surface area is 218 Å². The molecule has 1 unspecified atom stereocenters. The van der Waals surface area contributed by atoms with Gasteiger partial charge in [0.15, 0.2) is 0 Å². The summed E-state index contributed by atoms with van der Waals surface area (Å²) in [5.41, 5.74) is -0.0432. The van der Waals surface area contributed by atoms with E-state index in [2.05, 4.69) is 15.2 Å². The number of nitrogens with one attached hydrogen (secondary N) is 1. The third-order valence-electron chi connectivity index (χ3n) is 6.38. The number of benzene rings is 1. The Balaban J connectivity index is 1.72. The van der Waals surface area contributed by atoms with Crippen LogP contribution < -0.4 is 15.8 Å². The first-order chi connectivity index (χ1) is 17.7. The Morgan fingerprint density at radius 1 is 1.16 bits per heavy atom. The predicted octanol–water partition coefficient (Wildman–Crippen LogP) is 5.27. The standard InChI is InChI=1S/C26H29ClF3N5O2/c1-4-19-23(32-20-14-34(15-21(20)37-6-3)22-9-7-8-12-31-22)25(36)35(5-2)24(33-19)17-11-10-16(13-18(17)27)26(28,29)30/h7-13,20-21,32H,4-6,14-15H2,1-3H3/t20?,21-/m0/s1. The molecule has 1 aliphatic heterocycles. The molecule has 4 rings (SSSR count). The van der Waals surface area contributed by atoms with Gasteiger partial charge in [-0.1, -0.05) is 24.6 Å². The molecule has 1 aromatic carbocycles. The van der Waals surface area contributed by atoms with Crippen molar-refractivity contribution in [2.75, 3.05) is 29.9 Å². The van der Waals surface area contributed by atoms with E-state index in [9.17, 15) is 18.0 Å². The van der Waals surface area contributed by atoms with Crippen LogP contribution in [0.15, 0.2) is 47.4 Å². The van der Waals surface area contributed by atoms with Gasteiger partial charge in [0.05, 0.1) is 28.4 Å². The van der Waals surface area contributed by atoms with Crippen molar-refractivity contribution in [3.63, 3.8) is 0 Å². The molecule has 0 saturated carbocycles. The molecule has 0 spiro atoms. The van der Waals surface area contributed by atoms with Gasteiger partial charge in [-0.25, -0.2) is 9.97 Å². The molecule has 11 heteroatoms. The summed E-state index contributed by atoms with van der Waals surface area (Å²) < 4.78 is 46.8. The lowest BCUT2D eigenvalue weighted by Gasteiger charge is -2.23. The number of pyridine rings is 1. The summed E-state index contributed by atoms with van der Waals surface area (Å²) in [6.07, 6.45) is -2.54. The number of ether oxygens (including phenoxy) is 1. The molecule has 0 radical (unpaired) electrons. The smallest absolute Gasteiger partial charge is 0.374 e. The second-order valence-corrected chi connectivity index (χ2v) is 9.10. The van der Waals surface area contributed by atoms with Crippen molar-refractivity contribution in [3.8, 4) is 11.4 Å². The first-order valence-electron chi connectivity index (χ1n) is 12.2. The lowest BCUT2D eigenvalue weighted by atomic mass is 10.1. The molecule has 3 aromatic rings. The van der Waals surface area contributed by atoms with Gasteiger partial charge in [0.25, 0.3) is 5.56 Å². The second-order valence-electron chi connectivity index (χ2n) is 8.69. The van der Waals surface area contributed by atoms with Crippen molar-refractivity contribution in [2.24, 2.45) is 0 Å². The normalized spacial score (nSPS) is 17.9. The number of anilines is 2. The van der Waals surface area contributed by atoms with Gasteiger partial charge in [0.1, 0.15) is 17.3 Å². The molecule has 7 nitrogen and oxygen atoms in total. The van der Waals surface area contributed by atoms with Crippen LogP contribution in [0.1, 0.15) is 32.0 Å². The van der Waals surface area contributed by atoms with E-state index >= 15 is 0 Å². The van der Waals surface area contributed by atoms with E-state index in [1.807, 2.05) is 32.0 Å². The molecule has 0 aliphatic carbocycles. The van der Waals surface area contributed by atoms with Gasteiger partial charge in [-0.2, -0.15) is 13.2 Å². The SMILES string of the molecule is CCO[C@H]1CN(c2ccccn2)CC1Nc1c(CC)nc(-c2ccc(C(F)(F)F)cc2Cl)n(CC)c1=O. The van der Waals surface area contributed by atoms with Crippen molar-refractivity contribution in [2.45, 2.75) is 52.1 Å². The number of aromatic nitrogens is 3. The van der Waals surface area contributed by atoms with Crippen molar-refractivity contribution in [1.82, 2.24) is 14.5 Å². The van der Waals surface area contributed by atoms with Crippen LogP contribution in [0.4, 0.5) is 24.7 Å². The van der Waals surface area contributed by atoms with E-state index in [4.69, 9.17) is 21.3 Å². The lowest BCUT2D eigenvalue weighted by Crippen LogP contribution is -2.38. The largest absolute Gasteiger partial charge is 0.416 e. The fourth-order valence-electron chi connectivity index (χ4n) is 4.58. The molecule has 3 heterocycles.